The molecular formula is C16H16F3N5O2S. The number of benzene rings is 1. The van der Waals surface area contributed by atoms with Crippen molar-refractivity contribution in [1.29, 1.82) is 0 Å². The third-order valence-corrected chi connectivity index (χ3v) is 5.48. The van der Waals surface area contributed by atoms with Gasteiger partial charge in [-0.1, -0.05) is 0 Å². The average molecular weight is 399 g/mol. The number of rotatable bonds is 5. The molecule has 1 N–H and O–H groups in total. The first-order valence-corrected chi connectivity index (χ1v) is 9.46. The molecule has 2 aromatic heterocycles. The molecule has 3 aromatic rings. The summed E-state index contributed by atoms with van der Waals surface area (Å²) in [4.78, 5) is 11.6. The van der Waals surface area contributed by atoms with Gasteiger partial charge in [0.1, 0.15) is 17.0 Å². The monoisotopic (exact) mass is 399 g/mol. The van der Waals surface area contributed by atoms with Crippen molar-refractivity contribution in [2.24, 2.45) is 0 Å². The topological polar surface area (TPSA) is 89.8 Å². The number of nitrogens with one attached hydrogen (secondary N) is 1. The van der Waals surface area contributed by atoms with E-state index in [4.69, 9.17) is 0 Å². The summed E-state index contributed by atoms with van der Waals surface area (Å²) in [5.41, 5.74) is -0.142. The quantitative estimate of drug-likeness (QED) is 0.713. The minimum Gasteiger partial charge on any atom is -0.327 e. The van der Waals surface area contributed by atoms with Gasteiger partial charge in [-0.2, -0.15) is 13.2 Å². The summed E-state index contributed by atoms with van der Waals surface area (Å²) in [5.74, 6) is 0.312. The SMILES string of the molecule is CCn1c(C(C)NS(=O)(=O)c2cncnc2)nc2ccc(C(F)(F)F)cc21. The first kappa shape index (κ1) is 19.2. The Balaban J connectivity index is 2.01. The number of aromatic nitrogens is 4. The Labute approximate surface area is 153 Å². The van der Waals surface area contributed by atoms with E-state index in [0.29, 0.717) is 17.9 Å². The molecule has 1 unspecified atom stereocenters. The van der Waals surface area contributed by atoms with Gasteiger partial charge in [-0.25, -0.2) is 28.1 Å². The number of fused-ring (bicyclic) bond motifs is 1. The van der Waals surface area contributed by atoms with Crippen LogP contribution in [0.2, 0.25) is 0 Å². The summed E-state index contributed by atoms with van der Waals surface area (Å²) in [6, 6.07) is 2.47. The van der Waals surface area contributed by atoms with E-state index in [-0.39, 0.29) is 10.4 Å². The lowest BCUT2D eigenvalue weighted by Gasteiger charge is -2.15. The van der Waals surface area contributed by atoms with Gasteiger partial charge in [0.05, 0.1) is 35.0 Å². The largest absolute Gasteiger partial charge is 0.416 e. The zero-order valence-corrected chi connectivity index (χ0v) is 15.2. The molecular weight excluding hydrogens is 383 g/mol. The van der Waals surface area contributed by atoms with Gasteiger partial charge in [0, 0.05) is 6.54 Å². The van der Waals surface area contributed by atoms with Crippen molar-refractivity contribution in [1.82, 2.24) is 24.2 Å². The van der Waals surface area contributed by atoms with Gasteiger partial charge < -0.3 is 4.57 Å². The lowest BCUT2D eigenvalue weighted by atomic mass is 10.2. The number of aryl methyl sites for hydroxylation is 1. The lowest BCUT2D eigenvalue weighted by molar-refractivity contribution is -0.137. The first-order valence-electron chi connectivity index (χ1n) is 7.98. The van der Waals surface area contributed by atoms with E-state index in [9.17, 15) is 21.6 Å². The van der Waals surface area contributed by atoms with E-state index in [2.05, 4.69) is 19.7 Å². The Bertz CT molecular complexity index is 1060. The summed E-state index contributed by atoms with van der Waals surface area (Å²) >= 11 is 0. The Morgan fingerprint density at radius 2 is 1.89 bits per heavy atom. The van der Waals surface area contributed by atoms with Crippen molar-refractivity contribution in [3.05, 3.63) is 48.3 Å². The maximum absolute atomic E-state index is 13.0. The van der Waals surface area contributed by atoms with Gasteiger partial charge in [-0.05, 0) is 32.0 Å². The Hall–Kier alpha value is -2.53. The minimum atomic E-state index is -4.47. The van der Waals surface area contributed by atoms with Crippen LogP contribution in [-0.2, 0) is 22.7 Å². The lowest BCUT2D eigenvalue weighted by Crippen LogP contribution is -2.29. The summed E-state index contributed by atoms with van der Waals surface area (Å²) in [7, 11) is -3.91. The number of sulfonamides is 1. The normalized spacial score (nSPS) is 13.8. The highest BCUT2D eigenvalue weighted by Crippen LogP contribution is 2.32. The molecule has 0 bridgehead atoms. The second-order valence-corrected chi connectivity index (χ2v) is 7.55. The van der Waals surface area contributed by atoms with E-state index < -0.39 is 27.8 Å². The second-order valence-electron chi connectivity index (χ2n) is 5.83. The van der Waals surface area contributed by atoms with Crippen LogP contribution < -0.4 is 4.72 Å². The number of hydrogen-bond donors (Lipinski definition) is 1. The fourth-order valence-electron chi connectivity index (χ4n) is 2.76. The molecule has 0 spiro atoms. The second kappa shape index (κ2) is 6.89. The highest BCUT2D eigenvalue weighted by atomic mass is 32.2. The van der Waals surface area contributed by atoms with E-state index in [1.165, 1.54) is 12.4 Å². The van der Waals surface area contributed by atoms with Gasteiger partial charge >= 0.3 is 6.18 Å². The summed E-state index contributed by atoms with van der Waals surface area (Å²) in [5, 5.41) is 0. The fraction of sp³-hybridized carbons (Fsp3) is 0.312. The summed E-state index contributed by atoms with van der Waals surface area (Å²) < 4.78 is 67.9. The third kappa shape index (κ3) is 3.78. The summed E-state index contributed by atoms with van der Waals surface area (Å²) in [6.45, 7) is 3.64. The highest BCUT2D eigenvalue weighted by Gasteiger charge is 2.31. The molecule has 0 amide bonds. The van der Waals surface area contributed by atoms with Crippen molar-refractivity contribution in [2.75, 3.05) is 0 Å². The number of hydrogen-bond acceptors (Lipinski definition) is 5. The number of alkyl halides is 3. The predicted molar refractivity (Wildman–Crippen MR) is 91.2 cm³/mol. The van der Waals surface area contributed by atoms with E-state index in [0.717, 1.165) is 24.5 Å². The average Bonchev–Trinajstić information content (AvgIpc) is 2.99. The van der Waals surface area contributed by atoms with Crippen LogP contribution in [0.25, 0.3) is 11.0 Å². The maximum atomic E-state index is 13.0. The van der Waals surface area contributed by atoms with Crippen LogP contribution in [-0.4, -0.2) is 27.9 Å². The minimum absolute atomic E-state index is 0.115. The molecule has 0 aliphatic rings. The maximum Gasteiger partial charge on any atom is 0.416 e. The molecule has 0 saturated carbocycles. The van der Waals surface area contributed by atoms with Gasteiger partial charge in [0.25, 0.3) is 0 Å². The van der Waals surface area contributed by atoms with Gasteiger partial charge in [-0.15, -0.1) is 0 Å². The Morgan fingerprint density at radius 1 is 1.22 bits per heavy atom. The van der Waals surface area contributed by atoms with Gasteiger partial charge in [-0.3, -0.25) is 0 Å². The van der Waals surface area contributed by atoms with Gasteiger partial charge in [0.2, 0.25) is 10.0 Å². The number of nitrogens with zero attached hydrogens (tertiary/aromatic N) is 4. The molecule has 0 saturated heterocycles. The molecule has 0 aliphatic carbocycles. The smallest absolute Gasteiger partial charge is 0.327 e. The molecule has 1 aromatic carbocycles. The highest BCUT2D eigenvalue weighted by molar-refractivity contribution is 7.89. The zero-order valence-electron chi connectivity index (χ0n) is 14.4. The number of halogens is 3. The molecule has 11 heteroatoms. The number of imidazole rings is 1. The van der Waals surface area contributed by atoms with Crippen LogP contribution in [0.4, 0.5) is 13.2 Å². The van der Waals surface area contributed by atoms with E-state index in [1.807, 2.05) is 0 Å². The van der Waals surface area contributed by atoms with Crippen LogP contribution in [0.15, 0.2) is 41.8 Å². The van der Waals surface area contributed by atoms with Crippen LogP contribution in [0, 0.1) is 0 Å². The van der Waals surface area contributed by atoms with Crippen molar-refractivity contribution in [2.45, 2.75) is 37.5 Å². The molecule has 0 radical (unpaired) electrons. The molecule has 1 atom stereocenters. The van der Waals surface area contributed by atoms with E-state index >= 15 is 0 Å². The molecule has 27 heavy (non-hydrogen) atoms. The van der Waals surface area contributed by atoms with E-state index in [1.54, 1.807) is 18.4 Å². The first-order chi connectivity index (χ1) is 12.6. The molecule has 3 rings (SSSR count). The van der Waals surface area contributed by atoms with Crippen molar-refractivity contribution in [3.8, 4) is 0 Å². The van der Waals surface area contributed by atoms with Crippen molar-refractivity contribution < 1.29 is 21.6 Å². The van der Waals surface area contributed by atoms with Gasteiger partial charge in [0.15, 0.2) is 0 Å². The van der Waals surface area contributed by atoms with Crippen molar-refractivity contribution in [3.63, 3.8) is 0 Å². The Kier molecular flexibility index (Phi) is 4.91. The van der Waals surface area contributed by atoms with Crippen LogP contribution >= 0.6 is 0 Å². The molecule has 7 nitrogen and oxygen atoms in total. The van der Waals surface area contributed by atoms with Crippen LogP contribution in [0.3, 0.4) is 0 Å². The van der Waals surface area contributed by atoms with Crippen molar-refractivity contribution >= 4 is 21.1 Å². The fourth-order valence-corrected chi connectivity index (χ4v) is 3.86. The molecule has 0 aliphatic heterocycles. The van der Waals surface area contributed by atoms with Crippen LogP contribution in [0.5, 0.6) is 0 Å². The zero-order chi connectivity index (χ0) is 19.8. The molecule has 0 fully saturated rings. The molecule has 2 heterocycles. The predicted octanol–water partition coefficient (Wildman–Crippen LogP) is 2.90. The Morgan fingerprint density at radius 3 is 2.48 bits per heavy atom. The molecule has 144 valence electrons. The third-order valence-electron chi connectivity index (χ3n) is 3.99. The summed E-state index contributed by atoms with van der Waals surface area (Å²) in [6.07, 6.45) is -0.962. The standard InChI is InChI=1S/C16H16F3N5O2S/c1-3-24-14-6-11(16(17,18)19)4-5-13(14)22-15(24)10(2)23-27(25,26)12-7-20-9-21-8-12/h4-10,23H,3H2,1-2H3. The van der Waals surface area contributed by atoms with Crippen LogP contribution in [0.1, 0.15) is 31.3 Å².